The molecule has 4 rings (SSSR count). The van der Waals surface area contributed by atoms with Crippen LogP contribution < -0.4 is 10.2 Å². The molecule has 1 aromatic carbocycles. The van der Waals surface area contributed by atoms with E-state index in [0.717, 1.165) is 45.4 Å². The Hall–Kier alpha value is -2.93. The van der Waals surface area contributed by atoms with Crippen molar-refractivity contribution in [3.05, 3.63) is 54.0 Å². The molecule has 1 aliphatic rings. The van der Waals surface area contributed by atoms with Gasteiger partial charge in [-0.05, 0) is 49.9 Å². The number of benzene rings is 1. The molecule has 0 amide bonds. The summed E-state index contributed by atoms with van der Waals surface area (Å²) in [4.78, 5) is 24.7. The lowest BCUT2D eigenvalue weighted by Crippen LogP contribution is -2.38. The molecule has 7 heteroatoms. The summed E-state index contributed by atoms with van der Waals surface area (Å²) in [7, 11) is 0. The first-order chi connectivity index (χ1) is 13.7. The van der Waals surface area contributed by atoms with Gasteiger partial charge in [-0.3, -0.25) is 0 Å². The molecule has 3 aromatic rings. The zero-order valence-corrected chi connectivity index (χ0v) is 15.8. The molecule has 0 saturated carbocycles. The van der Waals surface area contributed by atoms with Crippen molar-refractivity contribution in [3.63, 3.8) is 0 Å². The van der Waals surface area contributed by atoms with Crippen LogP contribution >= 0.6 is 0 Å². The van der Waals surface area contributed by atoms with Gasteiger partial charge in [-0.2, -0.15) is 0 Å². The Morgan fingerprint density at radius 3 is 2.71 bits per heavy atom. The van der Waals surface area contributed by atoms with Crippen LogP contribution in [0.5, 0.6) is 0 Å². The first-order valence-electron chi connectivity index (χ1n) is 9.76. The molecule has 1 saturated heterocycles. The Balaban J connectivity index is 1.20. The number of hydrogen-bond donors (Lipinski definition) is 3. The van der Waals surface area contributed by atoms with E-state index in [1.807, 2.05) is 0 Å². The highest BCUT2D eigenvalue weighted by Crippen LogP contribution is 2.20. The number of para-hydroxylation sites is 1. The lowest BCUT2D eigenvalue weighted by Gasteiger charge is -2.32. The second kappa shape index (κ2) is 8.39. The number of carboxylic acids is 1. The van der Waals surface area contributed by atoms with Crippen LogP contribution in [0, 0.1) is 5.92 Å². The van der Waals surface area contributed by atoms with E-state index in [0.29, 0.717) is 11.9 Å². The minimum atomic E-state index is -0.996. The molecular weight excluding hydrogens is 354 g/mol. The van der Waals surface area contributed by atoms with E-state index in [1.54, 1.807) is 0 Å². The maximum absolute atomic E-state index is 10.9. The molecule has 0 bridgehead atoms. The normalized spacial score (nSPS) is 15.2. The Bertz CT molecular complexity index is 929. The van der Waals surface area contributed by atoms with E-state index in [2.05, 4.69) is 55.6 Å². The summed E-state index contributed by atoms with van der Waals surface area (Å²) in [6.45, 7) is 3.80. The first-order valence-corrected chi connectivity index (χ1v) is 9.76. The van der Waals surface area contributed by atoms with Crippen molar-refractivity contribution >= 4 is 22.8 Å². The lowest BCUT2D eigenvalue weighted by molar-refractivity contribution is 0.0696. The van der Waals surface area contributed by atoms with Crippen molar-refractivity contribution < 1.29 is 9.90 Å². The maximum Gasteiger partial charge on any atom is 0.338 e. The number of nitrogens with zero attached hydrogens (tertiary/aromatic N) is 3. The molecule has 1 aliphatic heterocycles. The Morgan fingerprint density at radius 1 is 1.21 bits per heavy atom. The van der Waals surface area contributed by atoms with Crippen LogP contribution in [0.2, 0.25) is 0 Å². The van der Waals surface area contributed by atoms with Gasteiger partial charge in [-0.25, -0.2) is 14.8 Å². The SMILES string of the molecule is O=C(O)c1cnc(N2CCC(CNCCc3c[nH]c4ccccc34)CC2)nc1. The molecule has 0 atom stereocenters. The smallest absolute Gasteiger partial charge is 0.338 e. The summed E-state index contributed by atoms with van der Waals surface area (Å²) in [6, 6.07) is 8.42. The van der Waals surface area contributed by atoms with Crippen molar-refractivity contribution in [1.82, 2.24) is 20.3 Å². The van der Waals surface area contributed by atoms with Crippen molar-refractivity contribution in [2.24, 2.45) is 5.92 Å². The molecule has 3 N–H and O–H groups in total. The first kappa shape index (κ1) is 18.4. The molecule has 28 heavy (non-hydrogen) atoms. The number of fused-ring (bicyclic) bond motifs is 1. The highest BCUT2D eigenvalue weighted by Gasteiger charge is 2.21. The molecule has 7 nitrogen and oxygen atoms in total. The van der Waals surface area contributed by atoms with Gasteiger partial charge in [0, 0.05) is 42.6 Å². The fourth-order valence-corrected chi connectivity index (χ4v) is 3.80. The van der Waals surface area contributed by atoms with Gasteiger partial charge in [0.15, 0.2) is 0 Å². The summed E-state index contributed by atoms with van der Waals surface area (Å²) in [6.07, 6.45) is 8.06. The third kappa shape index (κ3) is 4.14. The second-order valence-corrected chi connectivity index (χ2v) is 7.32. The fourth-order valence-electron chi connectivity index (χ4n) is 3.80. The van der Waals surface area contributed by atoms with Crippen LogP contribution in [0.3, 0.4) is 0 Å². The summed E-state index contributed by atoms with van der Waals surface area (Å²) < 4.78 is 0. The van der Waals surface area contributed by atoms with Crippen LogP contribution in [-0.4, -0.2) is 52.2 Å². The quantitative estimate of drug-likeness (QED) is 0.547. The number of carboxylic acid groups (broad SMARTS) is 1. The number of nitrogens with one attached hydrogen (secondary N) is 2. The number of piperidine rings is 1. The molecule has 3 heterocycles. The number of carbonyl (C=O) groups is 1. The standard InChI is InChI=1S/C21H25N5O2/c27-20(28)17-13-24-21(25-14-17)26-9-6-15(7-10-26)11-22-8-5-16-12-23-19-4-2-1-3-18(16)19/h1-4,12-15,22-23H,5-11H2,(H,27,28). The van der Waals surface area contributed by atoms with Gasteiger partial charge in [0.2, 0.25) is 5.95 Å². The summed E-state index contributed by atoms with van der Waals surface area (Å²) >= 11 is 0. The Labute approximate surface area is 163 Å². The van der Waals surface area contributed by atoms with Crippen molar-refractivity contribution in [2.45, 2.75) is 19.3 Å². The Kier molecular flexibility index (Phi) is 5.53. The molecule has 0 unspecified atom stereocenters. The summed E-state index contributed by atoms with van der Waals surface area (Å²) in [5.74, 6) is 0.275. The predicted molar refractivity (Wildman–Crippen MR) is 109 cm³/mol. The molecule has 146 valence electrons. The molecule has 0 aliphatic carbocycles. The number of rotatable bonds is 7. The van der Waals surface area contributed by atoms with Crippen molar-refractivity contribution in [2.75, 3.05) is 31.1 Å². The van der Waals surface area contributed by atoms with Crippen LogP contribution in [-0.2, 0) is 6.42 Å². The van der Waals surface area contributed by atoms with E-state index in [4.69, 9.17) is 5.11 Å². The lowest BCUT2D eigenvalue weighted by atomic mass is 9.97. The van der Waals surface area contributed by atoms with Gasteiger partial charge in [-0.15, -0.1) is 0 Å². The Morgan fingerprint density at radius 2 is 1.96 bits per heavy atom. The minimum absolute atomic E-state index is 0.123. The second-order valence-electron chi connectivity index (χ2n) is 7.32. The van der Waals surface area contributed by atoms with Gasteiger partial charge >= 0.3 is 5.97 Å². The van der Waals surface area contributed by atoms with Crippen LogP contribution in [0.4, 0.5) is 5.95 Å². The minimum Gasteiger partial charge on any atom is -0.478 e. The molecule has 2 aromatic heterocycles. The molecular formula is C21H25N5O2. The average Bonchev–Trinajstić information content (AvgIpc) is 3.15. The van der Waals surface area contributed by atoms with Gasteiger partial charge in [0.25, 0.3) is 0 Å². The fraction of sp³-hybridized carbons (Fsp3) is 0.381. The van der Waals surface area contributed by atoms with Gasteiger partial charge in [0.1, 0.15) is 0 Å². The van der Waals surface area contributed by atoms with E-state index < -0.39 is 5.97 Å². The summed E-state index contributed by atoms with van der Waals surface area (Å²) in [5.41, 5.74) is 2.68. The van der Waals surface area contributed by atoms with E-state index in [-0.39, 0.29) is 5.56 Å². The van der Waals surface area contributed by atoms with Crippen LogP contribution in [0.15, 0.2) is 42.9 Å². The topological polar surface area (TPSA) is 94.1 Å². The maximum atomic E-state index is 10.9. The van der Waals surface area contributed by atoms with E-state index >= 15 is 0 Å². The van der Waals surface area contributed by atoms with E-state index in [9.17, 15) is 4.79 Å². The zero-order chi connectivity index (χ0) is 19.3. The van der Waals surface area contributed by atoms with Gasteiger partial charge in [-0.1, -0.05) is 18.2 Å². The molecule has 0 radical (unpaired) electrons. The number of aromatic carboxylic acids is 1. The molecule has 0 spiro atoms. The number of aromatic amines is 1. The van der Waals surface area contributed by atoms with Crippen LogP contribution in [0.25, 0.3) is 10.9 Å². The van der Waals surface area contributed by atoms with Crippen LogP contribution in [0.1, 0.15) is 28.8 Å². The van der Waals surface area contributed by atoms with Gasteiger partial charge < -0.3 is 20.3 Å². The predicted octanol–water partition coefficient (Wildman–Crippen LogP) is 2.70. The third-order valence-corrected chi connectivity index (χ3v) is 5.46. The zero-order valence-electron chi connectivity index (χ0n) is 15.8. The summed E-state index contributed by atoms with van der Waals surface area (Å²) in [5, 5.41) is 13.8. The van der Waals surface area contributed by atoms with Gasteiger partial charge in [0.05, 0.1) is 5.56 Å². The number of H-pyrrole nitrogens is 1. The highest BCUT2D eigenvalue weighted by atomic mass is 16.4. The number of hydrogen-bond acceptors (Lipinski definition) is 5. The van der Waals surface area contributed by atoms with E-state index in [1.165, 1.54) is 28.9 Å². The third-order valence-electron chi connectivity index (χ3n) is 5.46. The molecule has 1 fully saturated rings. The van der Waals surface area contributed by atoms with Crippen molar-refractivity contribution in [1.29, 1.82) is 0 Å². The van der Waals surface area contributed by atoms with Crippen molar-refractivity contribution in [3.8, 4) is 0 Å². The number of aromatic nitrogens is 3. The highest BCUT2D eigenvalue weighted by molar-refractivity contribution is 5.86. The number of anilines is 1. The average molecular weight is 379 g/mol. The largest absolute Gasteiger partial charge is 0.478 e. The monoisotopic (exact) mass is 379 g/mol.